The van der Waals surface area contributed by atoms with Crippen LogP contribution in [0.3, 0.4) is 0 Å². The molecule has 0 unspecified atom stereocenters. The summed E-state index contributed by atoms with van der Waals surface area (Å²) in [6.45, 7) is 1.30. The van der Waals surface area contributed by atoms with Gasteiger partial charge in [-0.25, -0.2) is 0 Å². The molecule has 0 amide bonds. The highest BCUT2D eigenvalue weighted by atomic mass is 32.2. The number of halogens is 6. The highest BCUT2D eigenvalue weighted by Crippen LogP contribution is 2.43. The molecule has 132 valence electrons. The average Bonchev–Trinajstić information content (AvgIpc) is 2.39. The molecule has 1 aromatic rings. The number of esters is 1. The topological polar surface area (TPSA) is 59.3 Å². The number of carbonyl (C=O) groups excluding carboxylic acids is 1. The van der Waals surface area contributed by atoms with Crippen LogP contribution in [0, 0.1) is 11.3 Å². The summed E-state index contributed by atoms with van der Waals surface area (Å²) in [4.78, 5) is 10.8. The number of nitriles is 1. The highest BCUT2D eigenvalue weighted by Gasteiger charge is 2.37. The molecule has 0 atom stereocenters. The molecule has 0 aromatic heterocycles. The molecule has 0 radical (unpaired) electrons. The smallest absolute Gasteiger partial charge is 0.466 e. The Morgan fingerprint density at radius 1 is 1.25 bits per heavy atom. The number of hydrogen-bond acceptors (Lipinski definition) is 5. The van der Waals surface area contributed by atoms with Crippen molar-refractivity contribution in [3.8, 4) is 11.8 Å². The summed E-state index contributed by atoms with van der Waals surface area (Å²) in [6.07, 6.45) is -6.16. The van der Waals surface area contributed by atoms with Gasteiger partial charge in [0.1, 0.15) is 6.07 Å². The first-order valence-electron chi connectivity index (χ1n) is 6.20. The first-order chi connectivity index (χ1) is 11.0. The molecule has 1 aromatic carbocycles. The van der Waals surface area contributed by atoms with E-state index >= 15 is 0 Å². The van der Waals surface area contributed by atoms with Gasteiger partial charge >= 0.3 is 17.8 Å². The van der Waals surface area contributed by atoms with E-state index in [0.29, 0.717) is 0 Å². The van der Waals surface area contributed by atoms with E-state index in [1.54, 1.807) is 0 Å². The Kier molecular flexibility index (Phi) is 6.36. The zero-order valence-electron chi connectivity index (χ0n) is 11.9. The molecule has 0 aliphatic carbocycles. The molecule has 0 heterocycles. The van der Waals surface area contributed by atoms with Crippen LogP contribution in [0.5, 0.6) is 5.75 Å². The Morgan fingerprint density at radius 3 is 2.33 bits per heavy atom. The van der Waals surface area contributed by atoms with Gasteiger partial charge in [0, 0.05) is 10.5 Å². The Balaban J connectivity index is 3.46. The van der Waals surface area contributed by atoms with E-state index in [9.17, 15) is 31.1 Å². The van der Waals surface area contributed by atoms with Crippen LogP contribution in [0.25, 0.3) is 0 Å². The van der Waals surface area contributed by atoms with Crippen molar-refractivity contribution >= 4 is 17.7 Å². The molecule has 0 aliphatic heterocycles. The van der Waals surface area contributed by atoms with Crippen molar-refractivity contribution in [2.75, 3.05) is 6.61 Å². The predicted molar refractivity (Wildman–Crippen MR) is 70.1 cm³/mol. The molecule has 0 fully saturated rings. The van der Waals surface area contributed by atoms with Crippen LogP contribution < -0.4 is 4.74 Å². The van der Waals surface area contributed by atoms with Gasteiger partial charge < -0.3 is 9.47 Å². The lowest BCUT2D eigenvalue weighted by molar-refractivity contribution is -0.275. The fraction of sp³-hybridized carbons (Fsp3) is 0.385. The molecule has 24 heavy (non-hydrogen) atoms. The maximum absolute atomic E-state index is 12.6. The lowest BCUT2D eigenvalue weighted by atomic mass is 10.1. The Bertz CT molecular complexity index is 651. The van der Waals surface area contributed by atoms with E-state index in [-0.39, 0.29) is 6.61 Å². The van der Waals surface area contributed by atoms with Gasteiger partial charge in [-0.3, -0.25) is 4.79 Å². The zero-order chi connectivity index (χ0) is 18.5. The lowest BCUT2D eigenvalue weighted by Crippen LogP contribution is -2.20. The summed E-state index contributed by atoms with van der Waals surface area (Å²) in [5.74, 6) is -2.20. The summed E-state index contributed by atoms with van der Waals surface area (Å²) in [7, 11) is 0. The molecule has 4 nitrogen and oxygen atoms in total. The number of nitrogens with zero attached hydrogens (tertiary/aromatic N) is 1. The normalized spacial score (nSPS) is 11.8. The minimum Gasteiger partial charge on any atom is -0.466 e. The van der Waals surface area contributed by atoms with Gasteiger partial charge in [0.05, 0.1) is 18.6 Å². The predicted octanol–water partition coefficient (Wildman–Crippen LogP) is 4.17. The molecule has 1 rings (SSSR count). The summed E-state index contributed by atoms with van der Waals surface area (Å²) in [6, 6.07) is 2.94. The van der Waals surface area contributed by atoms with Crippen molar-refractivity contribution < 1.29 is 40.6 Å². The number of alkyl halides is 6. The third-order valence-electron chi connectivity index (χ3n) is 2.41. The average molecular weight is 373 g/mol. The number of carbonyl (C=O) groups is 1. The van der Waals surface area contributed by atoms with Crippen LogP contribution in [0.1, 0.15) is 18.1 Å². The SMILES string of the molecule is CCOC(=O)Cc1c(SC(F)(F)F)ccc(C#N)c1OC(F)(F)F. The second-order valence-corrected chi connectivity index (χ2v) is 5.22. The van der Waals surface area contributed by atoms with E-state index in [0.717, 1.165) is 12.1 Å². The largest absolute Gasteiger partial charge is 0.573 e. The van der Waals surface area contributed by atoms with Crippen molar-refractivity contribution in [2.24, 2.45) is 0 Å². The molecular formula is C13H9F6NO3S. The van der Waals surface area contributed by atoms with E-state index in [1.165, 1.54) is 13.0 Å². The van der Waals surface area contributed by atoms with Crippen LogP contribution in [-0.2, 0) is 16.0 Å². The van der Waals surface area contributed by atoms with Gasteiger partial charge in [-0.2, -0.15) is 18.4 Å². The quantitative estimate of drug-likeness (QED) is 0.440. The molecular weight excluding hydrogens is 364 g/mol. The summed E-state index contributed by atoms with van der Waals surface area (Å²) >= 11 is -0.718. The lowest BCUT2D eigenvalue weighted by Gasteiger charge is -2.18. The number of hydrogen-bond donors (Lipinski definition) is 0. The van der Waals surface area contributed by atoms with E-state index in [2.05, 4.69) is 9.47 Å². The first kappa shape index (κ1) is 20.0. The molecule has 11 heteroatoms. The molecule has 0 saturated heterocycles. The fourth-order valence-corrected chi connectivity index (χ4v) is 2.35. The van der Waals surface area contributed by atoms with Crippen molar-refractivity contribution in [3.05, 3.63) is 23.3 Å². The van der Waals surface area contributed by atoms with Gasteiger partial charge in [-0.15, -0.1) is 13.2 Å². The van der Waals surface area contributed by atoms with Gasteiger partial charge in [-0.1, -0.05) is 0 Å². The fourth-order valence-electron chi connectivity index (χ4n) is 1.67. The second-order valence-electron chi connectivity index (χ2n) is 4.11. The van der Waals surface area contributed by atoms with E-state index in [4.69, 9.17) is 5.26 Å². The van der Waals surface area contributed by atoms with Crippen molar-refractivity contribution in [3.63, 3.8) is 0 Å². The standard InChI is InChI=1S/C13H9F6NO3S/c1-2-22-10(21)5-8-9(24-13(17,18)19)4-3-7(6-20)11(8)23-12(14,15)16/h3-4H,2,5H2,1H3. The minimum atomic E-state index is -5.25. The summed E-state index contributed by atoms with van der Waals surface area (Å²) < 4.78 is 83.5. The molecule has 0 N–H and O–H groups in total. The van der Waals surface area contributed by atoms with Crippen molar-refractivity contribution in [2.45, 2.75) is 30.1 Å². The molecule has 0 saturated carbocycles. The van der Waals surface area contributed by atoms with Gasteiger partial charge in [0.2, 0.25) is 0 Å². The van der Waals surface area contributed by atoms with E-state index in [1.807, 2.05) is 0 Å². The number of benzene rings is 1. The maximum atomic E-state index is 12.6. The number of ether oxygens (including phenoxy) is 2. The Labute approximate surface area is 136 Å². The minimum absolute atomic E-state index is 0.117. The van der Waals surface area contributed by atoms with Gasteiger partial charge in [0.15, 0.2) is 5.75 Å². The van der Waals surface area contributed by atoms with Crippen LogP contribution in [0.15, 0.2) is 17.0 Å². The molecule has 0 bridgehead atoms. The third-order valence-corrected chi connectivity index (χ3v) is 3.24. The maximum Gasteiger partial charge on any atom is 0.573 e. The zero-order valence-corrected chi connectivity index (χ0v) is 12.7. The monoisotopic (exact) mass is 373 g/mol. The van der Waals surface area contributed by atoms with Crippen LogP contribution in [0.4, 0.5) is 26.3 Å². The van der Waals surface area contributed by atoms with Crippen molar-refractivity contribution in [1.82, 2.24) is 0 Å². The Morgan fingerprint density at radius 2 is 1.88 bits per heavy atom. The first-order valence-corrected chi connectivity index (χ1v) is 7.01. The van der Waals surface area contributed by atoms with E-state index < -0.39 is 57.8 Å². The van der Waals surface area contributed by atoms with Crippen molar-refractivity contribution in [1.29, 1.82) is 5.26 Å². The third kappa shape index (κ3) is 6.19. The van der Waals surface area contributed by atoms with Gasteiger partial charge in [-0.05, 0) is 30.8 Å². The number of thioether (sulfide) groups is 1. The van der Waals surface area contributed by atoms with Crippen LogP contribution in [0.2, 0.25) is 0 Å². The number of rotatable bonds is 5. The van der Waals surface area contributed by atoms with Crippen LogP contribution >= 0.6 is 11.8 Å². The second kappa shape index (κ2) is 7.65. The molecule has 0 spiro atoms. The molecule has 0 aliphatic rings. The summed E-state index contributed by atoms with van der Waals surface area (Å²) in [5, 5.41) is 8.86. The highest BCUT2D eigenvalue weighted by molar-refractivity contribution is 8.00. The summed E-state index contributed by atoms with van der Waals surface area (Å²) in [5.41, 5.74) is -6.18. The van der Waals surface area contributed by atoms with Gasteiger partial charge in [0.25, 0.3) is 0 Å². The van der Waals surface area contributed by atoms with Crippen LogP contribution in [-0.4, -0.2) is 24.4 Å². The Hall–Kier alpha value is -2.09.